The third-order valence-corrected chi connectivity index (χ3v) is 4.88. The topological polar surface area (TPSA) is 76.9 Å². The minimum atomic E-state index is -5.03. The molecule has 25 heavy (non-hydrogen) atoms. The van der Waals surface area contributed by atoms with E-state index in [2.05, 4.69) is 15.4 Å². The molecule has 0 unspecified atom stereocenters. The molecule has 1 fully saturated rings. The molecule has 136 valence electrons. The van der Waals surface area contributed by atoms with Crippen molar-refractivity contribution in [3.8, 4) is 5.69 Å². The molecule has 0 saturated heterocycles. The Hall–Kier alpha value is -2.17. The molecular formula is C14H14F4N4O2S. The maximum absolute atomic E-state index is 13.5. The third kappa shape index (κ3) is 3.32. The first kappa shape index (κ1) is 17.6. The number of benzene rings is 1. The van der Waals surface area contributed by atoms with Crippen molar-refractivity contribution >= 4 is 16.2 Å². The van der Waals surface area contributed by atoms with Crippen LogP contribution < -0.4 is 5.32 Å². The number of hydrogen-bond acceptors (Lipinski definition) is 5. The van der Waals surface area contributed by atoms with Crippen molar-refractivity contribution in [3.05, 3.63) is 29.1 Å². The minimum Gasteiger partial charge on any atom is -0.357 e. The predicted molar refractivity (Wildman–Crippen MR) is 80.9 cm³/mol. The first-order valence-electron chi connectivity index (χ1n) is 7.34. The van der Waals surface area contributed by atoms with Gasteiger partial charge in [0.1, 0.15) is 4.90 Å². The standard InChI is InChI=1S/C14H14F4N4O2S/c1-7-5-9(8-3-4-8)10(6-11(7)25(18,23)24)22-13(19-2)20-12(21-22)14(15,16)17/h5-6,8H,3-4H2,1-2H3,(H,19,20,21). The van der Waals surface area contributed by atoms with E-state index in [1.54, 1.807) is 0 Å². The number of halogens is 4. The maximum Gasteiger partial charge on any atom is 0.453 e. The molecule has 0 spiro atoms. The molecule has 1 aromatic carbocycles. The summed E-state index contributed by atoms with van der Waals surface area (Å²) >= 11 is 0. The number of hydrogen-bond donors (Lipinski definition) is 1. The van der Waals surface area contributed by atoms with Crippen molar-refractivity contribution in [1.82, 2.24) is 14.8 Å². The number of aryl methyl sites for hydroxylation is 1. The van der Waals surface area contributed by atoms with E-state index < -0.39 is 27.1 Å². The normalized spacial score (nSPS) is 15.4. The van der Waals surface area contributed by atoms with Gasteiger partial charge in [0.2, 0.25) is 5.95 Å². The molecule has 3 rings (SSSR count). The zero-order valence-electron chi connectivity index (χ0n) is 13.2. The molecule has 0 radical (unpaired) electrons. The lowest BCUT2D eigenvalue weighted by Crippen LogP contribution is -2.10. The predicted octanol–water partition coefficient (Wildman–Crippen LogP) is 3.17. The molecule has 0 amide bonds. The van der Waals surface area contributed by atoms with Gasteiger partial charge in [0.15, 0.2) is 0 Å². The summed E-state index contributed by atoms with van der Waals surface area (Å²) in [4.78, 5) is 2.78. The lowest BCUT2D eigenvalue weighted by atomic mass is 10.1. The number of nitrogens with zero attached hydrogens (tertiary/aromatic N) is 3. The molecule has 1 N–H and O–H groups in total. The van der Waals surface area contributed by atoms with Crippen LogP contribution in [-0.2, 0) is 16.4 Å². The average Bonchev–Trinajstić information content (AvgIpc) is 3.23. The monoisotopic (exact) mass is 378 g/mol. The van der Waals surface area contributed by atoms with Gasteiger partial charge in [-0.05, 0) is 42.9 Å². The van der Waals surface area contributed by atoms with Crippen molar-refractivity contribution in [2.45, 2.75) is 36.8 Å². The van der Waals surface area contributed by atoms with Crippen LogP contribution >= 0.6 is 0 Å². The Morgan fingerprint density at radius 2 is 1.92 bits per heavy atom. The summed E-state index contributed by atoms with van der Waals surface area (Å²) in [5.41, 5.74) is 0.868. The molecular weight excluding hydrogens is 364 g/mol. The van der Waals surface area contributed by atoms with Crippen molar-refractivity contribution < 1.29 is 25.5 Å². The highest BCUT2D eigenvalue weighted by atomic mass is 32.3. The van der Waals surface area contributed by atoms with Crippen LogP contribution in [0.25, 0.3) is 5.69 Å². The second-order valence-electron chi connectivity index (χ2n) is 5.81. The van der Waals surface area contributed by atoms with Gasteiger partial charge in [-0.15, -0.1) is 8.98 Å². The molecule has 2 aromatic rings. The first-order chi connectivity index (χ1) is 11.5. The fourth-order valence-corrected chi connectivity index (χ4v) is 3.32. The largest absolute Gasteiger partial charge is 0.453 e. The minimum absolute atomic E-state index is 0.0632. The zero-order chi connectivity index (χ0) is 18.6. The van der Waals surface area contributed by atoms with E-state index in [9.17, 15) is 25.5 Å². The van der Waals surface area contributed by atoms with Crippen LogP contribution in [0.15, 0.2) is 17.0 Å². The summed E-state index contributed by atoms with van der Waals surface area (Å²) in [6, 6.07) is 2.49. The number of alkyl halides is 3. The average molecular weight is 378 g/mol. The van der Waals surface area contributed by atoms with Crippen LogP contribution in [0.4, 0.5) is 23.0 Å². The van der Waals surface area contributed by atoms with Crippen LogP contribution in [0.1, 0.15) is 35.7 Å². The van der Waals surface area contributed by atoms with Crippen molar-refractivity contribution in [2.75, 3.05) is 12.4 Å². The van der Waals surface area contributed by atoms with E-state index in [1.165, 1.54) is 20.0 Å². The lowest BCUT2D eigenvalue weighted by molar-refractivity contribution is -0.144. The molecule has 1 heterocycles. The van der Waals surface area contributed by atoms with Crippen LogP contribution in [0.3, 0.4) is 0 Å². The second kappa shape index (κ2) is 5.68. The van der Waals surface area contributed by atoms with Gasteiger partial charge in [-0.3, -0.25) is 0 Å². The molecule has 11 heteroatoms. The Morgan fingerprint density at radius 3 is 2.40 bits per heavy atom. The highest BCUT2D eigenvalue weighted by molar-refractivity contribution is 7.86. The molecule has 1 saturated carbocycles. The van der Waals surface area contributed by atoms with Gasteiger partial charge in [-0.25, -0.2) is 0 Å². The number of rotatable bonds is 4. The van der Waals surface area contributed by atoms with Crippen LogP contribution in [0, 0.1) is 6.92 Å². The molecule has 0 atom stereocenters. The summed E-state index contributed by atoms with van der Waals surface area (Å²) in [7, 11) is -3.67. The molecule has 0 aliphatic heterocycles. The fourth-order valence-electron chi connectivity index (χ4n) is 2.63. The number of aromatic nitrogens is 3. The van der Waals surface area contributed by atoms with Crippen molar-refractivity contribution in [1.29, 1.82) is 0 Å². The lowest BCUT2D eigenvalue weighted by Gasteiger charge is -2.14. The van der Waals surface area contributed by atoms with E-state index in [0.29, 0.717) is 5.56 Å². The van der Waals surface area contributed by atoms with E-state index in [1.807, 2.05) is 0 Å². The molecule has 1 aliphatic rings. The number of nitrogens with one attached hydrogen (secondary N) is 1. The van der Waals surface area contributed by atoms with E-state index in [-0.39, 0.29) is 23.1 Å². The van der Waals surface area contributed by atoms with Crippen LogP contribution in [-0.4, -0.2) is 30.2 Å². The summed E-state index contributed by atoms with van der Waals surface area (Å²) < 4.78 is 75.8. The highest BCUT2D eigenvalue weighted by Gasteiger charge is 2.38. The zero-order valence-corrected chi connectivity index (χ0v) is 14.0. The van der Waals surface area contributed by atoms with Gasteiger partial charge in [-0.1, -0.05) is 6.07 Å². The summed E-state index contributed by atoms with van der Waals surface area (Å²) in [5.74, 6) is -1.53. The Labute approximate surface area is 141 Å². The Kier molecular flexibility index (Phi) is 4.01. The molecule has 1 aliphatic carbocycles. The SMILES string of the molecule is CNc1nc(C(F)(F)F)nn1-c1cc(S(=O)(=O)F)c(C)cc1C1CC1. The third-order valence-electron chi connectivity index (χ3n) is 3.92. The van der Waals surface area contributed by atoms with Gasteiger partial charge >= 0.3 is 16.4 Å². The Morgan fingerprint density at radius 1 is 1.28 bits per heavy atom. The van der Waals surface area contributed by atoms with Gasteiger partial charge < -0.3 is 5.32 Å². The maximum atomic E-state index is 13.5. The van der Waals surface area contributed by atoms with E-state index >= 15 is 0 Å². The highest BCUT2D eigenvalue weighted by Crippen LogP contribution is 2.44. The summed E-state index contributed by atoms with van der Waals surface area (Å²) in [5, 5.41) is 5.94. The van der Waals surface area contributed by atoms with Crippen molar-refractivity contribution in [3.63, 3.8) is 0 Å². The quantitative estimate of drug-likeness (QED) is 0.653. The fraction of sp³-hybridized carbons (Fsp3) is 0.429. The molecule has 0 bridgehead atoms. The summed E-state index contributed by atoms with van der Waals surface area (Å²) in [6.45, 7) is 1.43. The van der Waals surface area contributed by atoms with Gasteiger partial charge in [0, 0.05) is 7.05 Å². The van der Waals surface area contributed by atoms with Gasteiger partial charge in [0.25, 0.3) is 5.82 Å². The van der Waals surface area contributed by atoms with E-state index in [4.69, 9.17) is 0 Å². The Bertz CT molecular complexity index is 933. The second-order valence-corrected chi connectivity index (χ2v) is 7.12. The van der Waals surface area contributed by atoms with E-state index in [0.717, 1.165) is 23.6 Å². The van der Waals surface area contributed by atoms with Gasteiger partial charge in [-0.2, -0.15) is 31.3 Å². The number of anilines is 1. The van der Waals surface area contributed by atoms with Crippen LogP contribution in [0.5, 0.6) is 0 Å². The first-order valence-corrected chi connectivity index (χ1v) is 8.72. The summed E-state index contributed by atoms with van der Waals surface area (Å²) in [6.07, 6.45) is -3.15. The Balaban J connectivity index is 2.27. The smallest absolute Gasteiger partial charge is 0.357 e. The van der Waals surface area contributed by atoms with Crippen molar-refractivity contribution in [2.24, 2.45) is 0 Å². The van der Waals surface area contributed by atoms with Crippen LogP contribution in [0.2, 0.25) is 0 Å². The molecule has 1 aromatic heterocycles. The molecule has 6 nitrogen and oxygen atoms in total. The van der Waals surface area contributed by atoms with Gasteiger partial charge in [0.05, 0.1) is 5.69 Å².